The van der Waals surface area contributed by atoms with Gasteiger partial charge in [0, 0.05) is 12.2 Å². The molecular weight excluding hydrogens is 248 g/mol. The minimum atomic E-state index is 0.530. The lowest BCUT2D eigenvalue weighted by Gasteiger charge is -2.35. The van der Waals surface area contributed by atoms with E-state index in [4.69, 9.17) is 4.74 Å². The molecule has 2 unspecified atom stereocenters. The second-order valence-corrected chi connectivity index (χ2v) is 6.14. The third-order valence-electron chi connectivity index (χ3n) is 4.23. The van der Waals surface area contributed by atoms with Gasteiger partial charge in [0.1, 0.15) is 0 Å². The maximum absolute atomic E-state index is 5.80. The molecule has 0 aromatic carbocycles. The molecule has 2 rings (SSSR count). The van der Waals surface area contributed by atoms with E-state index in [-0.39, 0.29) is 0 Å². The molecule has 1 fully saturated rings. The number of nitrogens with zero attached hydrogens (tertiary/aromatic N) is 1. The predicted octanol–water partition coefficient (Wildman–Crippen LogP) is 4.50. The summed E-state index contributed by atoms with van der Waals surface area (Å²) in [5, 5.41) is 3.65. The summed E-state index contributed by atoms with van der Waals surface area (Å²) in [6.45, 7) is 7.53. The van der Waals surface area contributed by atoms with Crippen LogP contribution in [0.5, 0.6) is 5.75 Å². The van der Waals surface area contributed by atoms with Gasteiger partial charge in [-0.25, -0.2) is 4.98 Å². The van der Waals surface area contributed by atoms with Gasteiger partial charge in [-0.15, -0.1) is 0 Å². The molecule has 0 aliphatic heterocycles. The molecule has 0 radical (unpaired) electrons. The molecule has 0 spiro atoms. The highest BCUT2D eigenvalue weighted by Crippen LogP contribution is 2.33. The van der Waals surface area contributed by atoms with E-state index in [1.807, 2.05) is 18.3 Å². The SMILES string of the molecule is CCCOc1cccnc1NC1CCCCC1C(C)C. The fraction of sp³-hybridized carbons (Fsp3) is 0.706. The third kappa shape index (κ3) is 3.87. The Morgan fingerprint density at radius 2 is 2.15 bits per heavy atom. The molecule has 1 aliphatic carbocycles. The summed E-state index contributed by atoms with van der Waals surface area (Å²) in [5.41, 5.74) is 0. The molecule has 1 aromatic rings. The molecule has 3 heteroatoms. The summed E-state index contributed by atoms with van der Waals surface area (Å²) in [5.74, 6) is 3.27. The quantitative estimate of drug-likeness (QED) is 0.830. The number of pyridine rings is 1. The fourth-order valence-corrected chi connectivity index (χ4v) is 3.14. The van der Waals surface area contributed by atoms with E-state index in [9.17, 15) is 0 Å². The average Bonchev–Trinajstić information content (AvgIpc) is 2.47. The molecule has 1 saturated carbocycles. The van der Waals surface area contributed by atoms with Crippen LogP contribution in [0.4, 0.5) is 5.82 Å². The molecule has 1 N–H and O–H groups in total. The van der Waals surface area contributed by atoms with Crippen molar-refractivity contribution in [2.24, 2.45) is 11.8 Å². The molecular formula is C17H28N2O. The van der Waals surface area contributed by atoms with E-state index in [0.29, 0.717) is 6.04 Å². The third-order valence-corrected chi connectivity index (χ3v) is 4.23. The van der Waals surface area contributed by atoms with Crippen LogP contribution in [0.25, 0.3) is 0 Å². The number of hydrogen-bond donors (Lipinski definition) is 1. The van der Waals surface area contributed by atoms with Gasteiger partial charge in [0.25, 0.3) is 0 Å². The Bertz CT molecular complexity index is 406. The zero-order valence-electron chi connectivity index (χ0n) is 13.1. The van der Waals surface area contributed by atoms with Crippen molar-refractivity contribution < 1.29 is 4.74 Å². The van der Waals surface area contributed by atoms with E-state index < -0.39 is 0 Å². The summed E-state index contributed by atoms with van der Waals surface area (Å²) in [6, 6.07) is 4.48. The van der Waals surface area contributed by atoms with Crippen molar-refractivity contribution in [3.63, 3.8) is 0 Å². The summed E-state index contributed by atoms with van der Waals surface area (Å²) < 4.78 is 5.80. The Balaban J connectivity index is 2.07. The summed E-state index contributed by atoms with van der Waals surface area (Å²) >= 11 is 0. The Hall–Kier alpha value is -1.25. The van der Waals surface area contributed by atoms with Crippen LogP contribution in [0.3, 0.4) is 0 Å². The van der Waals surface area contributed by atoms with Crippen LogP contribution in [0, 0.1) is 11.8 Å². The highest BCUT2D eigenvalue weighted by molar-refractivity contribution is 5.50. The first kappa shape index (κ1) is 15.1. The number of anilines is 1. The second-order valence-electron chi connectivity index (χ2n) is 6.14. The minimum absolute atomic E-state index is 0.530. The van der Waals surface area contributed by atoms with Crippen LogP contribution >= 0.6 is 0 Å². The van der Waals surface area contributed by atoms with E-state index >= 15 is 0 Å². The molecule has 0 bridgehead atoms. The fourth-order valence-electron chi connectivity index (χ4n) is 3.14. The van der Waals surface area contributed by atoms with E-state index in [1.165, 1.54) is 25.7 Å². The Morgan fingerprint density at radius 1 is 1.35 bits per heavy atom. The summed E-state index contributed by atoms with van der Waals surface area (Å²) in [4.78, 5) is 4.48. The largest absolute Gasteiger partial charge is 0.490 e. The van der Waals surface area contributed by atoms with E-state index in [1.54, 1.807) is 0 Å². The van der Waals surface area contributed by atoms with E-state index in [0.717, 1.165) is 36.4 Å². The van der Waals surface area contributed by atoms with Crippen LogP contribution in [-0.2, 0) is 0 Å². The number of ether oxygens (including phenoxy) is 1. The predicted molar refractivity (Wildman–Crippen MR) is 84.2 cm³/mol. The van der Waals surface area contributed by atoms with Crippen molar-refractivity contribution in [1.82, 2.24) is 4.98 Å². The highest BCUT2D eigenvalue weighted by Gasteiger charge is 2.28. The first-order valence-corrected chi connectivity index (χ1v) is 8.06. The van der Waals surface area contributed by atoms with Gasteiger partial charge >= 0.3 is 0 Å². The Kier molecular flexibility index (Phi) is 5.69. The van der Waals surface area contributed by atoms with Crippen molar-refractivity contribution in [1.29, 1.82) is 0 Å². The lowest BCUT2D eigenvalue weighted by molar-refractivity contribution is 0.252. The maximum Gasteiger partial charge on any atom is 0.168 e. The van der Waals surface area contributed by atoms with Gasteiger partial charge in [-0.2, -0.15) is 0 Å². The van der Waals surface area contributed by atoms with Crippen LogP contribution in [-0.4, -0.2) is 17.6 Å². The summed E-state index contributed by atoms with van der Waals surface area (Å²) in [7, 11) is 0. The molecule has 1 aliphatic rings. The topological polar surface area (TPSA) is 34.1 Å². The number of nitrogens with one attached hydrogen (secondary N) is 1. The van der Waals surface area contributed by atoms with Crippen LogP contribution in [0.1, 0.15) is 52.9 Å². The van der Waals surface area contributed by atoms with Crippen molar-refractivity contribution >= 4 is 5.82 Å². The van der Waals surface area contributed by atoms with Crippen LogP contribution in [0.2, 0.25) is 0 Å². The first-order chi connectivity index (χ1) is 9.72. The lowest BCUT2D eigenvalue weighted by atomic mass is 9.78. The zero-order chi connectivity index (χ0) is 14.4. The second kappa shape index (κ2) is 7.51. The van der Waals surface area contributed by atoms with Gasteiger partial charge in [-0.05, 0) is 43.2 Å². The molecule has 1 aromatic heterocycles. The standard InChI is InChI=1S/C17H28N2O/c1-4-12-20-16-10-7-11-18-17(16)19-15-9-6-5-8-14(15)13(2)3/h7,10-11,13-15H,4-6,8-9,12H2,1-3H3,(H,18,19). The molecule has 20 heavy (non-hydrogen) atoms. The Morgan fingerprint density at radius 3 is 2.90 bits per heavy atom. The molecule has 0 saturated heterocycles. The van der Waals surface area contributed by atoms with Gasteiger partial charge in [-0.1, -0.05) is 33.6 Å². The smallest absolute Gasteiger partial charge is 0.168 e. The first-order valence-electron chi connectivity index (χ1n) is 8.06. The summed E-state index contributed by atoms with van der Waals surface area (Å²) in [6.07, 6.45) is 8.11. The van der Waals surface area contributed by atoms with Crippen molar-refractivity contribution in [3.05, 3.63) is 18.3 Å². The van der Waals surface area contributed by atoms with Crippen LogP contribution in [0.15, 0.2) is 18.3 Å². The molecule has 2 atom stereocenters. The molecule has 3 nitrogen and oxygen atoms in total. The number of hydrogen-bond acceptors (Lipinski definition) is 3. The van der Waals surface area contributed by atoms with Crippen molar-refractivity contribution in [3.8, 4) is 5.75 Å². The van der Waals surface area contributed by atoms with Gasteiger partial charge in [0.15, 0.2) is 11.6 Å². The van der Waals surface area contributed by atoms with E-state index in [2.05, 4.69) is 31.1 Å². The molecule has 1 heterocycles. The van der Waals surface area contributed by atoms with Crippen LogP contribution < -0.4 is 10.1 Å². The average molecular weight is 276 g/mol. The van der Waals surface area contributed by atoms with Crippen molar-refractivity contribution in [2.75, 3.05) is 11.9 Å². The van der Waals surface area contributed by atoms with Gasteiger partial charge < -0.3 is 10.1 Å². The normalized spacial score (nSPS) is 22.8. The van der Waals surface area contributed by atoms with Gasteiger partial charge in [0.05, 0.1) is 6.61 Å². The monoisotopic (exact) mass is 276 g/mol. The Labute approximate surface area is 123 Å². The highest BCUT2D eigenvalue weighted by atomic mass is 16.5. The number of aromatic nitrogens is 1. The van der Waals surface area contributed by atoms with Crippen molar-refractivity contribution in [2.45, 2.75) is 58.9 Å². The molecule has 0 amide bonds. The van der Waals surface area contributed by atoms with Gasteiger partial charge in [-0.3, -0.25) is 0 Å². The zero-order valence-corrected chi connectivity index (χ0v) is 13.1. The maximum atomic E-state index is 5.80. The number of rotatable bonds is 6. The molecule has 112 valence electrons. The minimum Gasteiger partial charge on any atom is -0.490 e. The van der Waals surface area contributed by atoms with Gasteiger partial charge in [0.2, 0.25) is 0 Å². The lowest BCUT2D eigenvalue weighted by Crippen LogP contribution is -2.35.